The van der Waals surface area contributed by atoms with E-state index < -0.39 is 0 Å². The molecule has 320 valence electrons. The maximum absolute atomic E-state index is 14.5. The van der Waals surface area contributed by atoms with Gasteiger partial charge in [-0.3, -0.25) is 19.4 Å². The molecule has 0 spiro atoms. The van der Waals surface area contributed by atoms with Gasteiger partial charge in [-0.25, -0.2) is 9.97 Å². The molecule has 2 heterocycles. The Morgan fingerprint density at radius 2 is 0.862 bits per heavy atom. The molecule has 0 saturated heterocycles. The summed E-state index contributed by atoms with van der Waals surface area (Å²) in [5.74, 6) is 1.76. The molecule has 1 aromatic heterocycles. The maximum atomic E-state index is 14.5. The van der Waals surface area contributed by atoms with Crippen LogP contribution in [0.15, 0.2) is 151 Å². The normalized spacial score (nSPS) is 14.2. The number of carbonyl (C=O) groups excluding carboxylic acids is 2. The predicted molar refractivity (Wildman–Crippen MR) is 268 cm³/mol. The van der Waals surface area contributed by atoms with E-state index in [0.717, 1.165) is 94.4 Å². The number of fused-ring (bicyclic) bond motifs is 4. The number of anilines is 4. The molecular formula is C59H52N4O2. The summed E-state index contributed by atoms with van der Waals surface area (Å²) in [6, 6.07) is 44.1. The minimum atomic E-state index is -0.282. The minimum Gasteiger partial charge on any atom is -0.288 e. The van der Waals surface area contributed by atoms with E-state index in [9.17, 15) is 9.59 Å². The van der Waals surface area contributed by atoms with Crippen LogP contribution in [-0.4, -0.2) is 21.5 Å². The van der Waals surface area contributed by atoms with Gasteiger partial charge >= 0.3 is 0 Å². The molecule has 0 radical (unpaired) electrons. The molecule has 10 rings (SSSR count). The molecule has 1 aliphatic heterocycles. The van der Waals surface area contributed by atoms with Gasteiger partial charge < -0.3 is 0 Å². The van der Waals surface area contributed by atoms with Crippen molar-refractivity contribution in [2.45, 2.75) is 74.1 Å². The fourth-order valence-corrected chi connectivity index (χ4v) is 10.00. The first-order valence-corrected chi connectivity index (χ1v) is 22.6. The molecular weight excluding hydrogens is 797 g/mol. The topological polar surface area (TPSA) is 66.4 Å². The van der Waals surface area contributed by atoms with Crippen LogP contribution in [0, 0.1) is 34.6 Å². The van der Waals surface area contributed by atoms with Crippen molar-refractivity contribution in [1.29, 1.82) is 0 Å². The number of ketones is 2. The smallest absolute Gasteiger partial charge is 0.197 e. The van der Waals surface area contributed by atoms with Crippen LogP contribution < -0.4 is 9.80 Å². The van der Waals surface area contributed by atoms with Crippen molar-refractivity contribution in [2.75, 3.05) is 9.80 Å². The molecule has 7 aromatic carbocycles. The molecule has 0 unspecified atom stereocenters. The zero-order valence-corrected chi connectivity index (χ0v) is 38.5. The summed E-state index contributed by atoms with van der Waals surface area (Å²) < 4.78 is 0. The predicted octanol–water partition coefficient (Wildman–Crippen LogP) is 15.0. The number of aryl methyl sites for hydroxylation is 5. The number of hydrogen-bond donors (Lipinski definition) is 0. The molecule has 0 fully saturated rings. The van der Waals surface area contributed by atoms with E-state index in [1.165, 1.54) is 0 Å². The minimum absolute atomic E-state index is 0.124. The Hall–Kier alpha value is -7.44. The van der Waals surface area contributed by atoms with Gasteiger partial charge in [-0.05, 0) is 134 Å². The van der Waals surface area contributed by atoms with Crippen LogP contribution in [0.3, 0.4) is 0 Å². The summed E-state index contributed by atoms with van der Waals surface area (Å²) in [6.45, 7) is 19.6. The van der Waals surface area contributed by atoms with Gasteiger partial charge in [0.05, 0.1) is 28.0 Å². The van der Waals surface area contributed by atoms with Crippen LogP contribution in [0.1, 0.15) is 99.2 Å². The van der Waals surface area contributed by atoms with Gasteiger partial charge in [-0.2, -0.15) is 0 Å². The summed E-state index contributed by atoms with van der Waals surface area (Å²) in [4.78, 5) is 44.6. The van der Waals surface area contributed by atoms with Crippen LogP contribution in [0.4, 0.5) is 23.0 Å². The van der Waals surface area contributed by atoms with Crippen LogP contribution in [-0.2, 0) is 0 Å². The number of carbonyl (C=O) groups is 2. The molecule has 0 saturated carbocycles. The van der Waals surface area contributed by atoms with E-state index >= 15 is 0 Å². The Bertz CT molecular complexity index is 3190. The van der Waals surface area contributed by atoms with Crippen LogP contribution in [0.2, 0.25) is 0 Å². The average Bonchev–Trinajstić information content (AvgIpc) is 3.69. The lowest BCUT2D eigenvalue weighted by atomic mass is 9.90. The van der Waals surface area contributed by atoms with Crippen LogP contribution in [0.25, 0.3) is 44.1 Å². The first-order valence-electron chi connectivity index (χ1n) is 22.6. The number of nitrogens with zero attached hydrogens (tertiary/aromatic N) is 4. The van der Waals surface area contributed by atoms with Crippen molar-refractivity contribution in [3.05, 3.63) is 201 Å². The van der Waals surface area contributed by atoms with Crippen molar-refractivity contribution >= 4 is 56.4 Å². The summed E-state index contributed by atoms with van der Waals surface area (Å²) in [7, 11) is 0. The largest absolute Gasteiger partial charge is 0.288 e. The van der Waals surface area contributed by atoms with E-state index in [4.69, 9.17) is 9.97 Å². The molecule has 0 atom stereocenters. The highest BCUT2D eigenvalue weighted by molar-refractivity contribution is 6.40. The summed E-state index contributed by atoms with van der Waals surface area (Å²) in [5.41, 5.74) is 16.7. The molecule has 0 bridgehead atoms. The number of hydrogen-bond acceptors (Lipinski definition) is 6. The third-order valence-electron chi connectivity index (χ3n) is 12.8. The lowest BCUT2D eigenvalue weighted by Crippen LogP contribution is -2.25. The number of benzene rings is 7. The van der Waals surface area contributed by atoms with Crippen molar-refractivity contribution in [3.63, 3.8) is 0 Å². The van der Waals surface area contributed by atoms with Crippen molar-refractivity contribution < 1.29 is 9.59 Å². The zero-order chi connectivity index (χ0) is 45.4. The number of aromatic nitrogens is 2. The Labute approximate surface area is 381 Å². The van der Waals surface area contributed by atoms with Gasteiger partial charge in [0.25, 0.3) is 0 Å². The Morgan fingerprint density at radius 1 is 0.446 bits per heavy atom. The average molecular weight is 849 g/mol. The monoisotopic (exact) mass is 848 g/mol. The van der Waals surface area contributed by atoms with Gasteiger partial charge in [-0.1, -0.05) is 141 Å². The van der Waals surface area contributed by atoms with Gasteiger partial charge in [0, 0.05) is 22.3 Å². The molecule has 0 N–H and O–H groups in total. The van der Waals surface area contributed by atoms with Gasteiger partial charge in [0.1, 0.15) is 5.82 Å². The summed E-state index contributed by atoms with van der Waals surface area (Å²) in [5, 5.41) is 1.84. The van der Waals surface area contributed by atoms with Crippen LogP contribution in [0.5, 0.6) is 0 Å². The van der Waals surface area contributed by atoms with E-state index in [0.29, 0.717) is 28.6 Å². The maximum Gasteiger partial charge on any atom is 0.197 e. The molecule has 6 nitrogen and oxygen atoms in total. The molecule has 0 amide bonds. The summed E-state index contributed by atoms with van der Waals surface area (Å²) >= 11 is 0. The van der Waals surface area contributed by atoms with Gasteiger partial charge in [-0.15, -0.1) is 0 Å². The molecule has 2 aliphatic rings. The van der Waals surface area contributed by atoms with E-state index in [-0.39, 0.29) is 29.0 Å². The Morgan fingerprint density at radius 3 is 1.31 bits per heavy atom. The Kier molecular flexibility index (Phi) is 10.2. The molecule has 6 heteroatoms. The van der Waals surface area contributed by atoms with Crippen LogP contribution >= 0.6 is 0 Å². The summed E-state index contributed by atoms with van der Waals surface area (Å²) in [6.07, 6.45) is 3.70. The lowest BCUT2D eigenvalue weighted by Gasteiger charge is -2.32. The highest BCUT2D eigenvalue weighted by Crippen LogP contribution is 2.56. The SMILES string of the molecule is Cc1cc(C)cc(-c2cc(C)cc(-c3cc(C)cc(C)c3)c2N2/C(=C/C=C3C(=O)c4cc5ccccc5cc4C3=O)N(c3c(C(C)C)cccc3C(C)C)c3nc4ccccc4nc32)c1. The van der Waals surface area contributed by atoms with Gasteiger partial charge in [0.2, 0.25) is 0 Å². The standard InChI is InChI=1S/C59H52N4O2/c1-33(2)44-17-14-18-45(34(3)4)54(44)62-53(22-21-46-56(64)49-31-40-15-10-11-16-41(40)32-50(49)57(46)65)63(59-58(62)60-51-19-12-13-20-52(51)61-59)55-47(42-25-35(5)23-36(6)26-42)29-39(9)30-48(55)43-27-37(7)24-38(8)28-43/h10-34H,1-9H3/b53-22+. The highest BCUT2D eigenvalue weighted by atomic mass is 16.2. The number of para-hydroxylation sites is 3. The third-order valence-corrected chi connectivity index (χ3v) is 12.8. The fraction of sp³-hybridized carbons (Fsp3) is 0.186. The Balaban J connectivity index is 1.35. The molecule has 8 aromatic rings. The van der Waals surface area contributed by atoms with Crippen molar-refractivity contribution in [3.8, 4) is 22.3 Å². The lowest BCUT2D eigenvalue weighted by molar-refractivity contribution is 0.0988. The second-order valence-corrected chi connectivity index (χ2v) is 18.6. The van der Waals surface area contributed by atoms with E-state index in [1.807, 2.05) is 66.7 Å². The van der Waals surface area contributed by atoms with E-state index in [2.05, 4.69) is 139 Å². The van der Waals surface area contributed by atoms with Crippen molar-refractivity contribution in [2.24, 2.45) is 0 Å². The highest BCUT2D eigenvalue weighted by Gasteiger charge is 2.42. The molecule has 1 aliphatic carbocycles. The first-order chi connectivity index (χ1) is 31.2. The second-order valence-electron chi connectivity index (χ2n) is 18.6. The number of Topliss-reactive ketones (excluding diaryl/α,β-unsaturated/α-hetero) is 2. The number of allylic oxidation sites excluding steroid dienone is 3. The van der Waals surface area contributed by atoms with E-state index in [1.54, 1.807) is 6.08 Å². The fourth-order valence-electron chi connectivity index (χ4n) is 10.00. The van der Waals surface area contributed by atoms with Crippen molar-refractivity contribution in [1.82, 2.24) is 9.97 Å². The second kappa shape index (κ2) is 16.0. The quantitative estimate of drug-likeness (QED) is 0.118. The first kappa shape index (κ1) is 41.6. The zero-order valence-electron chi connectivity index (χ0n) is 38.5. The van der Waals surface area contributed by atoms with Gasteiger partial charge in [0.15, 0.2) is 23.2 Å². The third kappa shape index (κ3) is 7.14. The molecule has 65 heavy (non-hydrogen) atoms. The number of rotatable bonds is 7.